The van der Waals surface area contributed by atoms with Crippen LogP contribution in [-0.2, 0) is 6.42 Å². The van der Waals surface area contributed by atoms with Crippen LogP contribution >= 0.6 is 0 Å². The van der Waals surface area contributed by atoms with Crippen LogP contribution in [0, 0.1) is 13.8 Å². The molecule has 0 spiro atoms. The third-order valence-corrected chi connectivity index (χ3v) is 2.76. The number of hydrogen-bond acceptors (Lipinski definition) is 1. The van der Waals surface area contributed by atoms with E-state index in [2.05, 4.69) is 38.6 Å². The zero-order valence-corrected chi connectivity index (χ0v) is 10.5. The third kappa shape index (κ3) is 4.63. The number of allylic oxidation sites excluding steroid dienone is 1. The van der Waals surface area contributed by atoms with Crippen LogP contribution in [0.3, 0.4) is 0 Å². The van der Waals surface area contributed by atoms with Gasteiger partial charge in [0.2, 0.25) is 0 Å². The van der Waals surface area contributed by atoms with Crippen molar-refractivity contribution in [2.75, 3.05) is 0 Å². The molecule has 1 atom stereocenters. The molecule has 88 valence electrons. The first-order valence-electron chi connectivity index (χ1n) is 6.05. The number of unbranched alkanes of at least 4 members (excludes halogenated alkanes) is 1. The van der Waals surface area contributed by atoms with E-state index in [-0.39, 0.29) is 6.04 Å². The van der Waals surface area contributed by atoms with Crippen molar-refractivity contribution >= 4 is 0 Å². The molecular weight excluding hydrogens is 194 g/mol. The molecule has 0 aliphatic carbocycles. The Morgan fingerprint density at radius 2 is 1.88 bits per heavy atom. The lowest BCUT2D eigenvalue weighted by atomic mass is 9.99. The maximum atomic E-state index is 6.11. The Morgan fingerprint density at radius 3 is 2.44 bits per heavy atom. The van der Waals surface area contributed by atoms with E-state index >= 15 is 0 Å². The van der Waals surface area contributed by atoms with Gasteiger partial charge in [0.25, 0.3) is 0 Å². The molecule has 0 aliphatic rings. The average Bonchev–Trinajstić information content (AvgIpc) is 2.16. The molecule has 1 aromatic rings. The van der Waals surface area contributed by atoms with E-state index in [0.717, 1.165) is 25.7 Å². The van der Waals surface area contributed by atoms with Gasteiger partial charge in [0.15, 0.2) is 0 Å². The van der Waals surface area contributed by atoms with Crippen molar-refractivity contribution in [1.29, 1.82) is 0 Å². The molecule has 0 aromatic heterocycles. The summed E-state index contributed by atoms with van der Waals surface area (Å²) in [5.74, 6) is 0. The second-order valence-corrected chi connectivity index (χ2v) is 4.68. The molecule has 0 bridgehead atoms. The van der Waals surface area contributed by atoms with Gasteiger partial charge in [0.1, 0.15) is 0 Å². The Balaban J connectivity index is 2.48. The Kier molecular flexibility index (Phi) is 5.27. The molecule has 0 saturated heterocycles. The molecule has 0 saturated carbocycles. The van der Waals surface area contributed by atoms with Crippen LogP contribution in [0.25, 0.3) is 0 Å². The van der Waals surface area contributed by atoms with Gasteiger partial charge < -0.3 is 5.73 Å². The molecule has 0 fully saturated rings. The second kappa shape index (κ2) is 6.49. The highest BCUT2D eigenvalue weighted by Gasteiger charge is 2.04. The summed E-state index contributed by atoms with van der Waals surface area (Å²) in [5.41, 5.74) is 10.1. The fourth-order valence-corrected chi connectivity index (χ4v) is 2.12. The lowest BCUT2D eigenvalue weighted by Crippen LogP contribution is -2.22. The smallest absolute Gasteiger partial charge is 0.00794 e. The standard InChI is InChI=1S/C15H23N/c1-4-5-6-7-15(16)11-14-9-12(2)8-13(3)10-14/h4,8-10,15H,1,5-7,11,16H2,2-3H3. The summed E-state index contributed by atoms with van der Waals surface area (Å²) in [6, 6.07) is 6.95. The Morgan fingerprint density at radius 1 is 1.25 bits per heavy atom. The average molecular weight is 217 g/mol. The molecule has 1 heteroatoms. The molecule has 0 radical (unpaired) electrons. The fraction of sp³-hybridized carbons (Fsp3) is 0.467. The molecule has 0 amide bonds. The molecule has 0 heterocycles. The van der Waals surface area contributed by atoms with Gasteiger partial charge in [-0.2, -0.15) is 0 Å². The van der Waals surface area contributed by atoms with E-state index in [1.807, 2.05) is 6.08 Å². The largest absolute Gasteiger partial charge is 0.327 e. The van der Waals surface area contributed by atoms with Crippen molar-refractivity contribution in [3.63, 3.8) is 0 Å². The first-order chi connectivity index (χ1) is 7.61. The van der Waals surface area contributed by atoms with Crippen LogP contribution < -0.4 is 5.73 Å². The van der Waals surface area contributed by atoms with E-state index in [1.54, 1.807) is 0 Å². The highest BCUT2D eigenvalue weighted by molar-refractivity contribution is 5.29. The lowest BCUT2D eigenvalue weighted by Gasteiger charge is -2.12. The highest BCUT2D eigenvalue weighted by Crippen LogP contribution is 2.12. The highest BCUT2D eigenvalue weighted by atomic mass is 14.6. The molecular formula is C15H23N. The van der Waals surface area contributed by atoms with Gasteiger partial charge in [-0.05, 0) is 45.1 Å². The summed E-state index contributed by atoms with van der Waals surface area (Å²) in [6.07, 6.45) is 6.25. The van der Waals surface area contributed by atoms with Crippen LogP contribution in [0.2, 0.25) is 0 Å². The van der Waals surface area contributed by atoms with E-state index in [1.165, 1.54) is 16.7 Å². The number of benzene rings is 1. The summed E-state index contributed by atoms with van der Waals surface area (Å²) in [5, 5.41) is 0. The van der Waals surface area contributed by atoms with Crippen LogP contribution in [0.15, 0.2) is 30.9 Å². The van der Waals surface area contributed by atoms with Crippen LogP contribution in [0.5, 0.6) is 0 Å². The normalized spacial score (nSPS) is 12.4. The predicted octanol–water partition coefficient (Wildman–Crippen LogP) is 3.53. The first kappa shape index (κ1) is 13.0. The van der Waals surface area contributed by atoms with Gasteiger partial charge in [-0.3, -0.25) is 0 Å². The fourth-order valence-electron chi connectivity index (χ4n) is 2.12. The van der Waals surface area contributed by atoms with Crippen molar-refractivity contribution in [2.45, 2.75) is 45.6 Å². The minimum atomic E-state index is 0.279. The van der Waals surface area contributed by atoms with Gasteiger partial charge in [-0.25, -0.2) is 0 Å². The summed E-state index contributed by atoms with van der Waals surface area (Å²) in [7, 11) is 0. The molecule has 2 N–H and O–H groups in total. The lowest BCUT2D eigenvalue weighted by molar-refractivity contribution is 0.584. The summed E-state index contributed by atoms with van der Waals surface area (Å²) < 4.78 is 0. The zero-order valence-electron chi connectivity index (χ0n) is 10.5. The van der Waals surface area contributed by atoms with Crippen molar-refractivity contribution in [2.24, 2.45) is 5.73 Å². The van der Waals surface area contributed by atoms with Gasteiger partial charge in [0.05, 0.1) is 0 Å². The van der Waals surface area contributed by atoms with Gasteiger partial charge in [0, 0.05) is 6.04 Å². The van der Waals surface area contributed by atoms with Crippen LogP contribution in [0.1, 0.15) is 36.0 Å². The van der Waals surface area contributed by atoms with Crippen molar-refractivity contribution in [3.05, 3.63) is 47.5 Å². The molecule has 1 unspecified atom stereocenters. The van der Waals surface area contributed by atoms with E-state index in [0.29, 0.717) is 0 Å². The van der Waals surface area contributed by atoms with E-state index in [9.17, 15) is 0 Å². The van der Waals surface area contributed by atoms with Crippen LogP contribution in [-0.4, -0.2) is 6.04 Å². The number of hydrogen-bond donors (Lipinski definition) is 1. The molecule has 1 rings (SSSR count). The Labute approximate surface area is 99.4 Å². The SMILES string of the molecule is C=CCCCC(N)Cc1cc(C)cc(C)c1. The first-order valence-corrected chi connectivity index (χ1v) is 6.05. The maximum Gasteiger partial charge on any atom is 0.00794 e. The quantitative estimate of drug-likeness (QED) is 0.572. The van der Waals surface area contributed by atoms with Gasteiger partial charge in [-0.15, -0.1) is 6.58 Å². The third-order valence-electron chi connectivity index (χ3n) is 2.76. The molecule has 1 nitrogen and oxygen atoms in total. The summed E-state index contributed by atoms with van der Waals surface area (Å²) >= 11 is 0. The Bertz CT molecular complexity index is 321. The zero-order chi connectivity index (χ0) is 12.0. The topological polar surface area (TPSA) is 26.0 Å². The minimum Gasteiger partial charge on any atom is -0.327 e. The molecule has 0 aliphatic heterocycles. The predicted molar refractivity (Wildman–Crippen MR) is 71.6 cm³/mol. The number of nitrogens with two attached hydrogens (primary N) is 1. The second-order valence-electron chi connectivity index (χ2n) is 4.68. The van der Waals surface area contributed by atoms with Crippen molar-refractivity contribution in [3.8, 4) is 0 Å². The minimum absolute atomic E-state index is 0.279. The number of aryl methyl sites for hydroxylation is 2. The summed E-state index contributed by atoms with van der Waals surface area (Å²) in [6.45, 7) is 8.00. The van der Waals surface area contributed by atoms with Gasteiger partial charge in [-0.1, -0.05) is 35.4 Å². The Hall–Kier alpha value is -1.08. The van der Waals surface area contributed by atoms with Crippen LogP contribution in [0.4, 0.5) is 0 Å². The molecule has 16 heavy (non-hydrogen) atoms. The maximum absolute atomic E-state index is 6.11. The monoisotopic (exact) mass is 217 g/mol. The van der Waals surface area contributed by atoms with Crippen molar-refractivity contribution < 1.29 is 0 Å². The summed E-state index contributed by atoms with van der Waals surface area (Å²) in [4.78, 5) is 0. The van der Waals surface area contributed by atoms with E-state index < -0.39 is 0 Å². The number of rotatable bonds is 6. The van der Waals surface area contributed by atoms with Crippen molar-refractivity contribution in [1.82, 2.24) is 0 Å². The van der Waals surface area contributed by atoms with E-state index in [4.69, 9.17) is 5.73 Å². The molecule has 1 aromatic carbocycles. The van der Waals surface area contributed by atoms with Gasteiger partial charge >= 0.3 is 0 Å².